The van der Waals surface area contributed by atoms with Crippen LogP contribution in [0.5, 0.6) is 5.75 Å². The largest absolute Gasteiger partial charge is 0.493 e. The molecule has 1 atom stereocenters. The second-order valence-electron chi connectivity index (χ2n) is 8.34. The van der Waals surface area contributed by atoms with E-state index in [4.69, 9.17) is 22.8 Å². The number of hydrogen-bond acceptors (Lipinski definition) is 3. The van der Waals surface area contributed by atoms with Gasteiger partial charge in [-0.15, -0.1) is 6.42 Å². The van der Waals surface area contributed by atoms with E-state index in [1.807, 2.05) is 54.7 Å². The summed E-state index contributed by atoms with van der Waals surface area (Å²) in [5.41, 5.74) is 4.86. The zero-order valence-corrected chi connectivity index (χ0v) is 19.5. The topological polar surface area (TPSA) is 34.1 Å². The van der Waals surface area contributed by atoms with Gasteiger partial charge in [-0.05, 0) is 85.5 Å². The Labute approximate surface area is 201 Å². The molecule has 4 heteroatoms. The second kappa shape index (κ2) is 11.1. The molecule has 0 saturated heterocycles. The minimum atomic E-state index is 0.449. The third-order valence-corrected chi connectivity index (χ3v) is 6.05. The Morgan fingerprint density at radius 2 is 1.88 bits per heavy atom. The van der Waals surface area contributed by atoms with Crippen LogP contribution in [0.15, 0.2) is 60.8 Å². The van der Waals surface area contributed by atoms with E-state index in [9.17, 15) is 0 Å². The summed E-state index contributed by atoms with van der Waals surface area (Å²) in [7, 11) is 0. The quantitative estimate of drug-likeness (QED) is 0.431. The number of nitrogens with zero attached hydrogens (tertiary/aromatic N) is 1. The molecule has 1 unspecified atom stereocenters. The number of hydrogen-bond donors (Lipinski definition) is 1. The summed E-state index contributed by atoms with van der Waals surface area (Å²) in [5, 5.41) is 4.17. The van der Waals surface area contributed by atoms with Gasteiger partial charge in [0.2, 0.25) is 0 Å². The van der Waals surface area contributed by atoms with E-state index in [-0.39, 0.29) is 0 Å². The molecule has 0 spiro atoms. The van der Waals surface area contributed by atoms with Gasteiger partial charge in [0.05, 0.1) is 13.2 Å². The maximum absolute atomic E-state index is 6.05. The van der Waals surface area contributed by atoms with Crippen molar-refractivity contribution >= 4 is 11.6 Å². The summed E-state index contributed by atoms with van der Waals surface area (Å²) < 4.78 is 6.05. The van der Waals surface area contributed by atoms with Crippen LogP contribution in [0.3, 0.4) is 0 Å². The van der Waals surface area contributed by atoms with Crippen molar-refractivity contribution in [1.82, 2.24) is 10.3 Å². The summed E-state index contributed by atoms with van der Waals surface area (Å²) in [5.74, 6) is 10.7. The van der Waals surface area contributed by atoms with E-state index in [0.29, 0.717) is 19.2 Å². The molecule has 1 aliphatic carbocycles. The van der Waals surface area contributed by atoms with Crippen molar-refractivity contribution in [3.63, 3.8) is 0 Å². The van der Waals surface area contributed by atoms with E-state index in [0.717, 1.165) is 51.1 Å². The summed E-state index contributed by atoms with van der Waals surface area (Å²) in [4.78, 5) is 4.48. The Morgan fingerprint density at radius 1 is 1.09 bits per heavy atom. The van der Waals surface area contributed by atoms with Gasteiger partial charge >= 0.3 is 0 Å². The molecule has 1 aliphatic rings. The second-order valence-corrected chi connectivity index (χ2v) is 8.77. The molecule has 0 aliphatic heterocycles. The Balaban J connectivity index is 1.34. The maximum Gasteiger partial charge on any atom is 0.122 e. The molecule has 2 aromatic carbocycles. The predicted molar refractivity (Wildman–Crippen MR) is 135 cm³/mol. The van der Waals surface area contributed by atoms with E-state index in [1.165, 1.54) is 12.8 Å². The van der Waals surface area contributed by atoms with Crippen LogP contribution in [0.1, 0.15) is 36.1 Å². The standard InChI is InChI=1S/C29H27ClN2O/c1-3-17-31-28(24-6-7-24)16-18-33-29-15-5-22(19-21(29)2)4-13-27-14-10-25(20-32-27)23-8-11-26(30)12-9-23/h1,5,8-12,14-15,19-20,24,28,31H,6-7,16-18H2,2H3. The number of aryl methyl sites for hydroxylation is 1. The molecule has 1 heterocycles. The van der Waals surface area contributed by atoms with E-state index >= 15 is 0 Å². The van der Waals surface area contributed by atoms with Gasteiger partial charge in [-0.3, -0.25) is 0 Å². The molecule has 1 fully saturated rings. The van der Waals surface area contributed by atoms with Crippen LogP contribution in [0, 0.1) is 37.0 Å². The zero-order chi connectivity index (χ0) is 23.0. The fourth-order valence-electron chi connectivity index (χ4n) is 3.80. The lowest BCUT2D eigenvalue weighted by molar-refractivity contribution is 0.277. The SMILES string of the molecule is C#CCNC(CCOc1ccc(C#Cc2ccc(-c3ccc(Cl)cc3)cn2)cc1C)C1CC1. The molecule has 0 bridgehead atoms. The average molecular weight is 455 g/mol. The number of terminal acetylenes is 1. The first-order chi connectivity index (χ1) is 16.1. The number of ether oxygens (including phenoxy) is 1. The molecule has 0 amide bonds. The summed E-state index contributed by atoms with van der Waals surface area (Å²) in [6, 6.07) is 18.2. The van der Waals surface area contributed by atoms with Crippen LogP contribution in [-0.4, -0.2) is 24.2 Å². The van der Waals surface area contributed by atoms with Gasteiger partial charge < -0.3 is 10.1 Å². The van der Waals surface area contributed by atoms with Gasteiger partial charge in [0.1, 0.15) is 11.4 Å². The van der Waals surface area contributed by atoms with Crippen LogP contribution >= 0.6 is 11.6 Å². The Hall–Kier alpha value is -3.24. The summed E-state index contributed by atoms with van der Waals surface area (Å²) >= 11 is 5.96. The third-order valence-electron chi connectivity index (χ3n) is 5.79. The van der Waals surface area contributed by atoms with Gasteiger partial charge in [0.25, 0.3) is 0 Å². The number of halogens is 1. The Morgan fingerprint density at radius 3 is 2.55 bits per heavy atom. The first-order valence-electron chi connectivity index (χ1n) is 11.3. The monoisotopic (exact) mass is 454 g/mol. The highest BCUT2D eigenvalue weighted by molar-refractivity contribution is 6.30. The minimum Gasteiger partial charge on any atom is -0.493 e. The zero-order valence-electron chi connectivity index (χ0n) is 18.8. The highest BCUT2D eigenvalue weighted by Crippen LogP contribution is 2.34. The fourth-order valence-corrected chi connectivity index (χ4v) is 3.92. The molecular weight excluding hydrogens is 428 g/mol. The average Bonchev–Trinajstić information content (AvgIpc) is 3.67. The van der Waals surface area contributed by atoms with Gasteiger partial charge in [0, 0.05) is 28.4 Å². The summed E-state index contributed by atoms with van der Waals surface area (Å²) in [6.07, 6.45) is 10.8. The van der Waals surface area contributed by atoms with E-state index < -0.39 is 0 Å². The molecule has 1 saturated carbocycles. The molecule has 1 N–H and O–H groups in total. The molecule has 3 nitrogen and oxygen atoms in total. The van der Waals surface area contributed by atoms with Gasteiger partial charge in [0.15, 0.2) is 0 Å². The van der Waals surface area contributed by atoms with Crippen LogP contribution in [-0.2, 0) is 0 Å². The number of benzene rings is 2. The molecule has 0 radical (unpaired) electrons. The smallest absolute Gasteiger partial charge is 0.122 e. The number of aromatic nitrogens is 1. The molecular formula is C29H27ClN2O. The maximum atomic E-state index is 6.05. The van der Waals surface area contributed by atoms with Gasteiger partial charge in [-0.1, -0.05) is 41.6 Å². The van der Waals surface area contributed by atoms with Crippen molar-refractivity contribution in [1.29, 1.82) is 0 Å². The van der Waals surface area contributed by atoms with Crippen molar-refractivity contribution < 1.29 is 4.74 Å². The van der Waals surface area contributed by atoms with Crippen molar-refractivity contribution in [2.45, 2.75) is 32.2 Å². The predicted octanol–water partition coefficient (Wildman–Crippen LogP) is 5.88. The number of pyridine rings is 1. The molecule has 166 valence electrons. The van der Waals surface area contributed by atoms with Crippen molar-refractivity contribution in [2.75, 3.05) is 13.2 Å². The lowest BCUT2D eigenvalue weighted by Crippen LogP contribution is -2.32. The fraction of sp³-hybridized carbons (Fsp3) is 0.276. The third kappa shape index (κ3) is 6.62. The van der Waals surface area contributed by atoms with E-state index in [1.54, 1.807) is 0 Å². The first-order valence-corrected chi connectivity index (χ1v) is 11.6. The number of rotatable bonds is 8. The lowest BCUT2D eigenvalue weighted by Gasteiger charge is -2.17. The van der Waals surface area contributed by atoms with E-state index in [2.05, 4.69) is 41.1 Å². The Bertz CT molecular complexity index is 1180. The molecule has 3 aromatic rings. The Kier molecular flexibility index (Phi) is 7.69. The van der Waals surface area contributed by atoms with Crippen molar-refractivity contribution in [3.8, 4) is 41.1 Å². The minimum absolute atomic E-state index is 0.449. The first kappa shape index (κ1) is 22.9. The normalized spacial score (nSPS) is 13.5. The van der Waals surface area contributed by atoms with Gasteiger partial charge in [-0.25, -0.2) is 4.98 Å². The van der Waals surface area contributed by atoms with Crippen molar-refractivity contribution in [3.05, 3.63) is 82.6 Å². The van der Waals surface area contributed by atoms with Crippen LogP contribution in [0.4, 0.5) is 0 Å². The van der Waals surface area contributed by atoms with Gasteiger partial charge in [-0.2, -0.15) is 0 Å². The van der Waals surface area contributed by atoms with Crippen LogP contribution in [0.25, 0.3) is 11.1 Å². The molecule has 4 rings (SSSR count). The highest BCUT2D eigenvalue weighted by atomic mass is 35.5. The molecule has 33 heavy (non-hydrogen) atoms. The van der Waals surface area contributed by atoms with Crippen LogP contribution < -0.4 is 10.1 Å². The molecule has 1 aromatic heterocycles. The highest BCUT2D eigenvalue weighted by Gasteiger charge is 2.30. The lowest BCUT2D eigenvalue weighted by atomic mass is 10.1. The van der Waals surface area contributed by atoms with Crippen molar-refractivity contribution in [2.24, 2.45) is 5.92 Å². The number of nitrogens with one attached hydrogen (secondary N) is 1. The summed E-state index contributed by atoms with van der Waals surface area (Å²) in [6.45, 7) is 3.34. The van der Waals surface area contributed by atoms with Crippen LogP contribution in [0.2, 0.25) is 5.02 Å².